The molecule has 96 valence electrons. The molecule has 1 aromatic rings. The van der Waals surface area contributed by atoms with E-state index >= 15 is 0 Å². The first-order valence-electron chi connectivity index (χ1n) is 6.97. The van der Waals surface area contributed by atoms with Gasteiger partial charge in [-0.05, 0) is 0 Å². The molecule has 1 aliphatic carbocycles. The Morgan fingerprint density at radius 1 is 1.17 bits per heavy atom. The quantitative estimate of drug-likeness (QED) is 0.611. The van der Waals surface area contributed by atoms with Crippen LogP contribution in [-0.4, -0.2) is 32.4 Å². The molecule has 2 atom stereocenters. The molecule has 0 radical (unpaired) electrons. The number of rotatable bonds is 4. The van der Waals surface area contributed by atoms with Crippen molar-refractivity contribution in [3.63, 3.8) is 0 Å². The molecule has 0 amide bonds. The zero-order valence-electron chi connectivity index (χ0n) is 10.8. The van der Waals surface area contributed by atoms with Gasteiger partial charge in [-0.3, -0.25) is 0 Å². The van der Waals surface area contributed by atoms with Crippen LogP contribution in [0.5, 0.6) is 0 Å². The average molecular weight is 306 g/mol. The van der Waals surface area contributed by atoms with Crippen molar-refractivity contribution in [1.29, 1.82) is 0 Å². The second-order valence-electron chi connectivity index (χ2n) is 5.43. The number of nitrogens with zero attached hydrogens (tertiary/aromatic N) is 1. The zero-order chi connectivity index (χ0) is 12.4. The van der Waals surface area contributed by atoms with Crippen LogP contribution in [0.25, 0.3) is 0 Å². The average Bonchev–Trinajstić information content (AvgIpc) is 3.15. The van der Waals surface area contributed by atoms with Crippen molar-refractivity contribution in [3.8, 4) is 0 Å². The van der Waals surface area contributed by atoms with Gasteiger partial charge in [0.25, 0.3) is 0 Å². The van der Waals surface area contributed by atoms with Gasteiger partial charge >= 0.3 is 116 Å². The molecule has 2 fully saturated rings. The molecule has 3 rings (SSSR count). The summed E-state index contributed by atoms with van der Waals surface area (Å²) in [7, 11) is 0. The Bertz CT molecular complexity index is 414. The van der Waals surface area contributed by atoms with Gasteiger partial charge in [-0.2, -0.15) is 0 Å². The van der Waals surface area contributed by atoms with Crippen LogP contribution in [0.2, 0.25) is 5.32 Å². The molecule has 1 nitrogen and oxygen atoms in total. The third kappa shape index (κ3) is 2.81. The van der Waals surface area contributed by atoms with E-state index in [0.29, 0.717) is 15.0 Å². The van der Waals surface area contributed by atoms with Crippen LogP contribution in [0.3, 0.4) is 0 Å². The summed E-state index contributed by atoms with van der Waals surface area (Å²) in [6.07, 6.45) is 5.69. The van der Waals surface area contributed by atoms with E-state index in [4.69, 9.17) is 0 Å². The van der Waals surface area contributed by atoms with Gasteiger partial charge in [-0.1, -0.05) is 0 Å². The summed E-state index contributed by atoms with van der Waals surface area (Å²) in [5.41, 5.74) is 1.37. The second-order valence-corrected chi connectivity index (χ2v) is 7.72. The molecule has 18 heavy (non-hydrogen) atoms. The predicted octanol–water partition coefficient (Wildman–Crippen LogP) is 2.82. The SMILES string of the molecule is C=C1CN1[C@@H]1CCCC[C@@H]1C[Se]c1ccccc1. The van der Waals surface area contributed by atoms with E-state index in [1.54, 1.807) is 4.46 Å². The first-order valence-corrected chi connectivity index (χ1v) is 9.03. The summed E-state index contributed by atoms with van der Waals surface area (Å²) >= 11 is 0.652. The Hall–Kier alpha value is -0.721. The maximum absolute atomic E-state index is 4.11. The van der Waals surface area contributed by atoms with E-state index in [0.717, 1.165) is 12.0 Å². The third-order valence-electron chi connectivity index (χ3n) is 4.13. The van der Waals surface area contributed by atoms with Crippen LogP contribution in [0.1, 0.15) is 25.7 Å². The second kappa shape index (κ2) is 5.50. The molecular weight excluding hydrogens is 285 g/mol. The standard InChI is InChI=1S/C16H21NSe/c1-13-11-17(13)16-10-6-5-7-14(16)12-18-15-8-3-2-4-9-15/h2-4,8-9,14,16H,1,5-7,10-12H2/t14-,16-,17?/m1/s1. The Morgan fingerprint density at radius 2 is 1.89 bits per heavy atom. The molecule has 1 saturated carbocycles. The van der Waals surface area contributed by atoms with E-state index < -0.39 is 0 Å². The molecule has 2 aliphatic rings. The van der Waals surface area contributed by atoms with Crippen molar-refractivity contribution in [2.75, 3.05) is 6.54 Å². The van der Waals surface area contributed by atoms with Crippen LogP contribution < -0.4 is 4.46 Å². The molecule has 2 heteroatoms. The summed E-state index contributed by atoms with van der Waals surface area (Å²) in [5, 5.41) is 1.41. The molecule has 0 spiro atoms. The van der Waals surface area contributed by atoms with Gasteiger partial charge in [0, 0.05) is 0 Å². The van der Waals surface area contributed by atoms with Gasteiger partial charge in [0.1, 0.15) is 0 Å². The van der Waals surface area contributed by atoms with Crippen molar-refractivity contribution < 1.29 is 0 Å². The van der Waals surface area contributed by atoms with Crippen molar-refractivity contribution >= 4 is 19.4 Å². The molecular formula is C16H21NSe. The summed E-state index contributed by atoms with van der Waals surface area (Å²) in [5.74, 6) is 0.915. The molecule has 1 saturated heterocycles. The van der Waals surface area contributed by atoms with Crippen molar-refractivity contribution in [1.82, 2.24) is 4.90 Å². The van der Waals surface area contributed by atoms with Gasteiger partial charge in [0.15, 0.2) is 0 Å². The van der Waals surface area contributed by atoms with Crippen molar-refractivity contribution in [2.24, 2.45) is 5.92 Å². The molecule has 0 unspecified atom stereocenters. The Labute approximate surface area is 116 Å². The van der Waals surface area contributed by atoms with Crippen molar-refractivity contribution in [3.05, 3.63) is 42.6 Å². The van der Waals surface area contributed by atoms with Gasteiger partial charge in [0.2, 0.25) is 0 Å². The van der Waals surface area contributed by atoms with Crippen molar-refractivity contribution in [2.45, 2.75) is 37.0 Å². The third-order valence-corrected chi connectivity index (χ3v) is 6.65. The minimum absolute atomic E-state index is 0.652. The van der Waals surface area contributed by atoms with Gasteiger partial charge < -0.3 is 0 Å². The Balaban J connectivity index is 1.58. The van der Waals surface area contributed by atoms with Crippen LogP contribution in [0, 0.1) is 5.92 Å². The molecule has 0 N–H and O–H groups in total. The molecule has 1 heterocycles. The van der Waals surface area contributed by atoms with E-state index in [-0.39, 0.29) is 0 Å². The maximum atomic E-state index is 4.11. The van der Waals surface area contributed by atoms with Crippen LogP contribution in [-0.2, 0) is 0 Å². The molecule has 0 bridgehead atoms. The fourth-order valence-electron chi connectivity index (χ4n) is 3.03. The van der Waals surface area contributed by atoms with E-state index in [9.17, 15) is 0 Å². The number of benzene rings is 1. The van der Waals surface area contributed by atoms with Gasteiger partial charge in [0.05, 0.1) is 0 Å². The first kappa shape index (κ1) is 12.3. The molecule has 1 aromatic carbocycles. The fourth-order valence-corrected chi connectivity index (χ4v) is 5.43. The van der Waals surface area contributed by atoms with E-state index in [1.165, 1.54) is 43.2 Å². The zero-order valence-corrected chi connectivity index (χ0v) is 12.6. The summed E-state index contributed by atoms with van der Waals surface area (Å²) in [4.78, 5) is 2.55. The summed E-state index contributed by atoms with van der Waals surface area (Å²) < 4.78 is 1.55. The van der Waals surface area contributed by atoms with Gasteiger partial charge in [-0.15, -0.1) is 0 Å². The van der Waals surface area contributed by atoms with Crippen LogP contribution in [0.4, 0.5) is 0 Å². The van der Waals surface area contributed by atoms with Crippen LogP contribution in [0.15, 0.2) is 42.6 Å². The predicted molar refractivity (Wildman–Crippen MR) is 78.2 cm³/mol. The minimum atomic E-state index is 0.652. The summed E-state index contributed by atoms with van der Waals surface area (Å²) in [6, 6.07) is 11.8. The molecule has 0 aromatic heterocycles. The van der Waals surface area contributed by atoms with Crippen LogP contribution >= 0.6 is 0 Å². The normalized spacial score (nSPS) is 27.3. The number of hydrogen-bond acceptors (Lipinski definition) is 1. The Kier molecular flexibility index (Phi) is 3.77. The Morgan fingerprint density at radius 3 is 2.61 bits per heavy atom. The van der Waals surface area contributed by atoms with Gasteiger partial charge in [-0.25, -0.2) is 0 Å². The van der Waals surface area contributed by atoms with E-state index in [2.05, 4.69) is 41.8 Å². The summed E-state index contributed by atoms with van der Waals surface area (Å²) in [6.45, 7) is 5.27. The number of hydrogen-bond donors (Lipinski definition) is 0. The molecule has 1 aliphatic heterocycles. The monoisotopic (exact) mass is 307 g/mol. The topological polar surface area (TPSA) is 3.01 Å². The van der Waals surface area contributed by atoms with E-state index in [1.807, 2.05) is 0 Å². The first-order chi connectivity index (χ1) is 8.84. The fraction of sp³-hybridized carbons (Fsp3) is 0.500.